The van der Waals surface area contributed by atoms with Crippen molar-refractivity contribution in [1.29, 1.82) is 0 Å². The Bertz CT molecular complexity index is 331. The number of carbonyl (C=O) groups is 2. The van der Waals surface area contributed by atoms with Crippen molar-refractivity contribution in [3.05, 3.63) is 0 Å². The summed E-state index contributed by atoms with van der Waals surface area (Å²) < 4.78 is 4.93. The molecule has 1 N–H and O–H groups in total. The van der Waals surface area contributed by atoms with Crippen molar-refractivity contribution < 1.29 is 19.4 Å². The molecule has 2 amide bonds. The Morgan fingerprint density at radius 1 is 1.33 bits per heavy atom. The Labute approximate surface area is 107 Å². The maximum absolute atomic E-state index is 12.1. The van der Waals surface area contributed by atoms with Crippen LogP contribution in [0.3, 0.4) is 0 Å². The monoisotopic (exact) mass is 255 g/mol. The number of rotatable bonds is 5. The number of hydrogen-bond acceptors (Lipinski definition) is 4. The average molecular weight is 255 g/mol. The molecule has 2 fully saturated rings. The van der Waals surface area contributed by atoms with Gasteiger partial charge in [-0.1, -0.05) is 0 Å². The molecule has 5 nitrogen and oxygen atoms in total. The molecule has 1 saturated carbocycles. The van der Waals surface area contributed by atoms with Crippen LogP contribution < -0.4 is 0 Å². The third-order valence-corrected chi connectivity index (χ3v) is 4.01. The lowest BCUT2D eigenvalue weighted by atomic mass is 9.94. The molecule has 2 rings (SSSR count). The SMILES string of the molecule is COCCC(C)(O)CN1C(=O)C2CCC(C2)C1=O. The van der Waals surface area contributed by atoms with Gasteiger partial charge < -0.3 is 9.84 Å². The zero-order valence-corrected chi connectivity index (χ0v) is 11.0. The number of methoxy groups -OCH3 is 1. The summed E-state index contributed by atoms with van der Waals surface area (Å²) in [5.41, 5.74) is -1.07. The molecule has 1 heterocycles. The summed E-state index contributed by atoms with van der Waals surface area (Å²) in [5.74, 6) is -0.227. The number of carbonyl (C=O) groups excluding carboxylic acids is 2. The van der Waals surface area contributed by atoms with Crippen LogP contribution >= 0.6 is 0 Å². The van der Waals surface area contributed by atoms with E-state index >= 15 is 0 Å². The first-order valence-electron chi connectivity index (χ1n) is 6.51. The van der Waals surface area contributed by atoms with Gasteiger partial charge in [-0.25, -0.2) is 0 Å². The van der Waals surface area contributed by atoms with E-state index in [-0.39, 0.29) is 30.2 Å². The summed E-state index contributed by atoms with van der Waals surface area (Å²) in [7, 11) is 1.56. The molecule has 5 heteroatoms. The van der Waals surface area contributed by atoms with Crippen LogP contribution in [-0.4, -0.2) is 47.7 Å². The molecular weight excluding hydrogens is 234 g/mol. The lowest BCUT2D eigenvalue weighted by Gasteiger charge is -2.35. The maximum Gasteiger partial charge on any atom is 0.232 e. The number of ether oxygens (including phenoxy) is 1. The first-order valence-corrected chi connectivity index (χ1v) is 6.51. The lowest BCUT2D eigenvalue weighted by molar-refractivity contribution is -0.157. The third-order valence-electron chi connectivity index (χ3n) is 4.01. The predicted octanol–water partition coefficient (Wildman–Crippen LogP) is 0.559. The van der Waals surface area contributed by atoms with Gasteiger partial charge in [0.05, 0.1) is 12.1 Å². The largest absolute Gasteiger partial charge is 0.388 e. The van der Waals surface area contributed by atoms with Gasteiger partial charge in [0.1, 0.15) is 0 Å². The minimum atomic E-state index is -1.07. The van der Waals surface area contributed by atoms with Crippen LogP contribution in [0.2, 0.25) is 0 Å². The van der Waals surface area contributed by atoms with E-state index in [1.54, 1.807) is 14.0 Å². The van der Waals surface area contributed by atoms with Crippen LogP contribution in [0.5, 0.6) is 0 Å². The van der Waals surface area contributed by atoms with Gasteiger partial charge in [0, 0.05) is 32.0 Å². The standard InChI is InChI=1S/C13H21NO4/c1-13(17,5-6-18-2)8-14-11(15)9-3-4-10(7-9)12(14)16/h9-10,17H,3-8H2,1-2H3. The molecule has 1 aliphatic heterocycles. The lowest BCUT2D eigenvalue weighted by Crippen LogP contribution is -2.52. The molecule has 102 valence electrons. The summed E-state index contributed by atoms with van der Waals surface area (Å²) >= 11 is 0. The highest BCUT2D eigenvalue weighted by Crippen LogP contribution is 2.38. The molecule has 1 aliphatic carbocycles. The summed E-state index contributed by atoms with van der Waals surface area (Å²) in [6, 6.07) is 0. The van der Waals surface area contributed by atoms with Crippen LogP contribution in [0.4, 0.5) is 0 Å². The second-order valence-electron chi connectivity index (χ2n) is 5.71. The van der Waals surface area contributed by atoms with Gasteiger partial charge in [0.25, 0.3) is 0 Å². The van der Waals surface area contributed by atoms with Crippen molar-refractivity contribution in [2.24, 2.45) is 11.8 Å². The summed E-state index contributed by atoms with van der Waals surface area (Å²) in [4.78, 5) is 25.5. The van der Waals surface area contributed by atoms with Gasteiger partial charge in [-0.05, 0) is 26.2 Å². The van der Waals surface area contributed by atoms with Gasteiger partial charge in [0.15, 0.2) is 0 Å². The van der Waals surface area contributed by atoms with Crippen LogP contribution in [0.15, 0.2) is 0 Å². The maximum atomic E-state index is 12.1. The van der Waals surface area contributed by atoms with Crippen LogP contribution in [-0.2, 0) is 14.3 Å². The highest BCUT2D eigenvalue weighted by atomic mass is 16.5. The van der Waals surface area contributed by atoms with Crippen molar-refractivity contribution in [1.82, 2.24) is 4.90 Å². The molecule has 3 unspecified atom stereocenters. The second-order valence-corrected chi connectivity index (χ2v) is 5.71. The fourth-order valence-electron chi connectivity index (χ4n) is 2.88. The van der Waals surface area contributed by atoms with Gasteiger partial charge in [0.2, 0.25) is 11.8 Å². The number of nitrogens with zero attached hydrogens (tertiary/aromatic N) is 1. The van der Waals surface area contributed by atoms with Gasteiger partial charge in [-0.3, -0.25) is 14.5 Å². The van der Waals surface area contributed by atoms with E-state index in [0.29, 0.717) is 19.4 Å². The molecule has 0 spiro atoms. The van der Waals surface area contributed by atoms with Gasteiger partial charge in [-0.15, -0.1) is 0 Å². The summed E-state index contributed by atoms with van der Waals surface area (Å²) in [6.07, 6.45) is 2.74. The van der Waals surface area contributed by atoms with E-state index in [2.05, 4.69) is 0 Å². The quantitative estimate of drug-likeness (QED) is 0.729. The van der Waals surface area contributed by atoms with E-state index < -0.39 is 5.60 Å². The molecule has 0 aromatic rings. The molecule has 2 bridgehead atoms. The van der Waals surface area contributed by atoms with Crippen molar-refractivity contribution in [3.63, 3.8) is 0 Å². The van der Waals surface area contributed by atoms with Crippen molar-refractivity contribution in [2.75, 3.05) is 20.3 Å². The Kier molecular flexibility index (Phi) is 3.73. The van der Waals surface area contributed by atoms with Crippen molar-refractivity contribution in [2.45, 2.75) is 38.2 Å². The van der Waals surface area contributed by atoms with Gasteiger partial charge in [-0.2, -0.15) is 0 Å². The summed E-state index contributed by atoms with van der Waals surface area (Å²) in [6.45, 7) is 2.14. The van der Waals surface area contributed by atoms with E-state index in [1.807, 2.05) is 0 Å². The fourth-order valence-corrected chi connectivity index (χ4v) is 2.88. The number of likely N-dealkylation sites (tertiary alicyclic amines) is 1. The molecule has 1 saturated heterocycles. The van der Waals surface area contributed by atoms with Crippen LogP contribution in [0, 0.1) is 11.8 Å². The molecule has 18 heavy (non-hydrogen) atoms. The van der Waals surface area contributed by atoms with E-state index in [0.717, 1.165) is 12.8 Å². The predicted molar refractivity (Wildman–Crippen MR) is 64.7 cm³/mol. The molecule has 2 aliphatic rings. The number of hydrogen-bond donors (Lipinski definition) is 1. The van der Waals surface area contributed by atoms with E-state index in [1.165, 1.54) is 4.90 Å². The highest BCUT2D eigenvalue weighted by molar-refractivity contribution is 6.00. The van der Waals surface area contributed by atoms with Gasteiger partial charge >= 0.3 is 0 Å². The third kappa shape index (κ3) is 2.57. The highest BCUT2D eigenvalue weighted by Gasteiger charge is 2.46. The van der Waals surface area contributed by atoms with Crippen molar-refractivity contribution >= 4 is 11.8 Å². The van der Waals surface area contributed by atoms with E-state index in [4.69, 9.17) is 4.74 Å². The number of fused-ring (bicyclic) bond motifs is 2. The van der Waals surface area contributed by atoms with E-state index in [9.17, 15) is 14.7 Å². The fraction of sp³-hybridized carbons (Fsp3) is 0.846. The Morgan fingerprint density at radius 2 is 1.89 bits per heavy atom. The Balaban J connectivity index is 2.03. The van der Waals surface area contributed by atoms with Crippen molar-refractivity contribution in [3.8, 4) is 0 Å². The minimum Gasteiger partial charge on any atom is -0.388 e. The Hall–Kier alpha value is -0.940. The zero-order chi connectivity index (χ0) is 13.3. The zero-order valence-electron chi connectivity index (χ0n) is 11.0. The molecule has 0 aromatic carbocycles. The summed E-state index contributed by atoms with van der Waals surface area (Å²) in [5, 5.41) is 10.2. The second kappa shape index (κ2) is 4.97. The van der Waals surface area contributed by atoms with Crippen LogP contribution in [0.25, 0.3) is 0 Å². The first kappa shape index (κ1) is 13.5. The topological polar surface area (TPSA) is 66.8 Å². The number of amides is 2. The molecule has 0 radical (unpaired) electrons. The molecule has 0 aromatic heterocycles. The normalized spacial score (nSPS) is 30.7. The first-order chi connectivity index (χ1) is 8.44. The number of piperidine rings is 1. The number of β-amino-alcohol motifs (C(OH)–C–C–N with tert-alkyl or cyclic N) is 1. The number of imide groups is 1. The number of aliphatic hydroxyl groups is 1. The van der Waals surface area contributed by atoms with Crippen LogP contribution in [0.1, 0.15) is 32.6 Å². The smallest absolute Gasteiger partial charge is 0.232 e. The average Bonchev–Trinajstić information content (AvgIpc) is 2.77. The minimum absolute atomic E-state index is 0.00840. The Morgan fingerprint density at radius 3 is 2.39 bits per heavy atom. The molecule has 3 atom stereocenters. The molecular formula is C13H21NO4.